The summed E-state index contributed by atoms with van der Waals surface area (Å²) in [5, 5.41) is 9.85. The molecule has 1 aromatic heterocycles. The number of likely N-dealkylation sites (tertiary alicyclic amines) is 1. The molecule has 23 heavy (non-hydrogen) atoms. The Morgan fingerprint density at radius 3 is 2.87 bits per heavy atom. The molecule has 6 heteroatoms. The lowest BCUT2D eigenvalue weighted by atomic mass is 10.1. The van der Waals surface area contributed by atoms with Crippen LogP contribution in [0.4, 0.5) is 0 Å². The molecule has 2 heterocycles. The number of benzene rings is 1. The highest BCUT2D eigenvalue weighted by Crippen LogP contribution is 2.34. The summed E-state index contributed by atoms with van der Waals surface area (Å²) in [5.41, 5.74) is 1.23. The molecule has 5 nitrogen and oxygen atoms in total. The minimum atomic E-state index is 0.341. The highest BCUT2D eigenvalue weighted by molar-refractivity contribution is 7.98. The van der Waals surface area contributed by atoms with Crippen LogP contribution in [0.25, 0.3) is 0 Å². The van der Waals surface area contributed by atoms with Crippen LogP contribution in [0, 0.1) is 0 Å². The lowest BCUT2D eigenvalue weighted by molar-refractivity contribution is 0.230. The van der Waals surface area contributed by atoms with Gasteiger partial charge in [-0.1, -0.05) is 30.0 Å². The summed E-state index contributed by atoms with van der Waals surface area (Å²) in [7, 11) is 1.73. The van der Waals surface area contributed by atoms with Gasteiger partial charge in [-0.25, -0.2) is 0 Å². The molecule has 3 rings (SSSR count). The minimum Gasteiger partial charge on any atom is -0.496 e. The summed E-state index contributed by atoms with van der Waals surface area (Å²) in [5.74, 6) is 2.06. The molecule has 1 atom stereocenters. The van der Waals surface area contributed by atoms with Crippen LogP contribution in [-0.4, -0.2) is 39.6 Å². The Morgan fingerprint density at radius 2 is 2.13 bits per heavy atom. The standard InChI is InChI=1S/C17H24N4OS/c1-4-21-16(18-19-17(21)23-3)14-9-7-11-20(14)12-13-8-5-6-10-15(13)22-2/h5-6,8,10,14H,4,7,9,11-12H2,1-3H3. The third kappa shape index (κ3) is 3.23. The second kappa shape index (κ2) is 7.36. The Kier molecular flexibility index (Phi) is 5.23. The van der Waals surface area contributed by atoms with Gasteiger partial charge in [0.05, 0.1) is 13.2 Å². The van der Waals surface area contributed by atoms with Crippen molar-refractivity contribution >= 4 is 11.8 Å². The maximum Gasteiger partial charge on any atom is 0.190 e. The average molecular weight is 332 g/mol. The van der Waals surface area contributed by atoms with Crippen molar-refractivity contribution < 1.29 is 4.74 Å². The van der Waals surface area contributed by atoms with Gasteiger partial charge < -0.3 is 9.30 Å². The molecule has 0 aliphatic carbocycles. The molecule has 2 aromatic rings. The maximum absolute atomic E-state index is 5.50. The molecule has 0 spiro atoms. The molecule has 1 fully saturated rings. The fraction of sp³-hybridized carbons (Fsp3) is 0.529. The van der Waals surface area contributed by atoms with Crippen LogP contribution in [0.3, 0.4) is 0 Å². The third-order valence-electron chi connectivity index (χ3n) is 4.47. The van der Waals surface area contributed by atoms with E-state index in [4.69, 9.17) is 4.74 Å². The Balaban J connectivity index is 1.85. The smallest absolute Gasteiger partial charge is 0.190 e. The van der Waals surface area contributed by atoms with Crippen molar-refractivity contribution in [3.05, 3.63) is 35.7 Å². The van der Waals surface area contributed by atoms with Crippen molar-refractivity contribution in [2.24, 2.45) is 0 Å². The summed E-state index contributed by atoms with van der Waals surface area (Å²) in [4.78, 5) is 2.50. The Bertz CT molecular complexity index is 658. The van der Waals surface area contributed by atoms with Crippen LogP contribution in [0.2, 0.25) is 0 Å². The van der Waals surface area contributed by atoms with E-state index in [2.05, 4.69) is 45.0 Å². The first-order valence-electron chi connectivity index (χ1n) is 8.11. The van der Waals surface area contributed by atoms with E-state index in [-0.39, 0.29) is 0 Å². The van der Waals surface area contributed by atoms with Crippen LogP contribution >= 0.6 is 11.8 Å². The quantitative estimate of drug-likeness (QED) is 0.759. The summed E-state index contributed by atoms with van der Waals surface area (Å²) in [6.07, 6.45) is 4.40. The van der Waals surface area contributed by atoms with Gasteiger partial charge in [-0.3, -0.25) is 4.90 Å². The summed E-state index contributed by atoms with van der Waals surface area (Å²) in [6.45, 7) is 5.05. The Hall–Kier alpha value is -1.53. The van der Waals surface area contributed by atoms with Gasteiger partial charge in [0.25, 0.3) is 0 Å². The topological polar surface area (TPSA) is 43.2 Å². The van der Waals surface area contributed by atoms with Gasteiger partial charge >= 0.3 is 0 Å². The summed E-state index contributed by atoms with van der Waals surface area (Å²) in [6, 6.07) is 8.60. The molecule has 1 unspecified atom stereocenters. The van der Waals surface area contributed by atoms with Crippen LogP contribution in [-0.2, 0) is 13.1 Å². The first-order chi connectivity index (χ1) is 11.3. The van der Waals surface area contributed by atoms with Crippen molar-refractivity contribution in [3.63, 3.8) is 0 Å². The van der Waals surface area contributed by atoms with Gasteiger partial charge in [-0.15, -0.1) is 10.2 Å². The summed E-state index contributed by atoms with van der Waals surface area (Å²) >= 11 is 1.66. The minimum absolute atomic E-state index is 0.341. The number of methoxy groups -OCH3 is 1. The largest absolute Gasteiger partial charge is 0.496 e. The molecular weight excluding hydrogens is 308 g/mol. The first-order valence-corrected chi connectivity index (χ1v) is 9.34. The van der Waals surface area contributed by atoms with E-state index in [1.807, 2.05) is 12.1 Å². The van der Waals surface area contributed by atoms with Gasteiger partial charge in [-0.05, 0) is 38.6 Å². The Morgan fingerprint density at radius 1 is 1.30 bits per heavy atom. The van der Waals surface area contributed by atoms with E-state index in [9.17, 15) is 0 Å². The van der Waals surface area contributed by atoms with E-state index < -0.39 is 0 Å². The van der Waals surface area contributed by atoms with Gasteiger partial charge in [0.2, 0.25) is 0 Å². The molecular formula is C17H24N4OS. The zero-order chi connectivity index (χ0) is 16.2. The number of hydrogen-bond acceptors (Lipinski definition) is 5. The predicted molar refractivity (Wildman–Crippen MR) is 92.9 cm³/mol. The monoisotopic (exact) mass is 332 g/mol. The SMILES string of the molecule is CCn1c(SC)nnc1C1CCCN1Cc1ccccc1OC. The van der Waals surface area contributed by atoms with Crippen LogP contribution in [0.5, 0.6) is 5.75 Å². The van der Waals surface area contributed by atoms with E-state index in [0.29, 0.717) is 6.04 Å². The lowest BCUT2D eigenvalue weighted by Crippen LogP contribution is -2.25. The average Bonchev–Trinajstić information content (AvgIpc) is 3.20. The highest BCUT2D eigenvalue weighted by atomic mass is 32.2. The molecule has 0 amide bonds. The van der Waals surface area contributed by atoms with Crippen molar-refractivity contribution in [2.75, 3.05) is 19.9 Å². The van der Waals surface area contributed by atoms with Gasteiger partial charge in [0.15, 0.2) is 11.0 Å². The molecule has 124 valence electrons. The second-order valence-electron chi connectivity index (χ2n) is 5.73. The Labute approximate surface area is 142 Å². The molecule has 0 N–H and O–H groups in total. The zero-order valence-electron chi connectivity index (χ0n) is 14.0. The fourth-order valence-corrected chi connectivity index (χ4v) is 3.92. The number of thioether (sulfide) groups is 1. The third-order valence-corrected chi connectivity index (χ3v) is 5.14. The fourth-order valence-electron chi connectivity index (χ4n) is 3.35. The van der Waals surface area contributed by atoms with Crippen LogP contribution < -0.4 is 4.74 Å². The van der Waals surface area contributed by atoms with Crippen molar-refractivity contribution in [1.82, 2.24) is 19.7 Å². The molecule has 0 bridgehead atoms. The molecule has 1 aliphatic rings. The number of ether oxygens (including phenoxy) is 1. The molecule has 0 radical (unpaired) electrons. The van der Waals surface area contributed by atoms with Crippen molar-refractivity contribution in [2.45, 2.75) is 44.1 Å². The van der Waals surface area contributed by atoms with E-state index in [1.165, 1.54) is 12.0 Å². The predicted octanol–water partition coefficient (Wildman–Crippen LogP) is 3.37. The van der Waals surface area contributed by atoms with Crippen molar-refractivity contribution in [3.8, 4) is 5.75 Å². The highest BCUT2D eigenvalue weighted by Gasteiger charge is 2.31. The van der Waals surface area contributed by atoms with E-state index in [0.717, 1.165) is 42.8 Å². The number of rotatable bonds is 6. The first kappa shape index (κ1) is 16.3. The normalized spacial score (nSPS) is 18.5. The van der Waals surface area contributed by atoms with E-state index in [1.54, 1.807) is 18.9 Å². The number of para-hydroxylation sites is 1. The van der Waals surface area contributed by atoms with Gasteiger partial charge in [0.1, 0.15) is 5.75 Å². The number of aromatic nitrogens is 3. The zero-order valence-corrected chi connectivity index (χ0v) is 14.8. The number of nitrogens with zero attached hydrogens (tertiary/aromatic N) is 4. The van der Waals surface area contributed by atoms with Gasteiger partial charge in [-0.2, -0.15) is 0 Å². The molecule has 1 aliphatic heterocycles. The van der Waals surface area contributed by atoms with E-state index >= 15 is 0 Å². The molecule has 0 saturated carbocycles. The molecule has 1 saturated heterocycles. The van der Waals surface area contributed by atoms with Crippen molar-refractivity contribution in [1.29, 1.82) is 0 Å². The molecule has 1 aromatic carbocycles. The second-order valence-corrected chi connectivity index (χ2v) is 6.50. The lowest BCUT2D eigenvalue weighted by Gasteiger charge is -2.25. The maximum atomic E-state index is 5.50. The number of hydrogen-bond donors (Lipinski definition) is 0. The van der Waals surface area contributed by atoms with Crippen LogP contribution in [0.15, 0.2) is 29.4 Å². The summed E-state index contributed by atoms with van der Waals surface area (Å²) < 4.78 is 7.75. The van der Waals surface area contributed by atoms with Gasteiger partial charge in [0, 0.05) is 18.7 Å². The van der Waals surface area contributed by atoms with Crippen LogP contribution in [0.1, 0.15) is 37.2 Å².